The number of hydrogen-bond donors (Lipinski definition) is 1. The second-order valence-electron chi connectivity index (χ2n) is 7.77. The van der Waals surface area contributed by atoms with E-state index in [2.05, 4.69) is 28.2 Å². The Hall–Kier alpha value is -2.24. The van der Waals surface area contributed by atoms with Crippen molar-refractivity contribution in [1.82, 2.24) is 15.2 Å². The van der Waals surface area contributed by atoms with Gasteiger partial charge in [0.1, 0.15) is 0 Å². The lowest BCUT2D eigenvalue weighted by atomic mass is 9.96. The molecule has 5 heteroatoms. The number of fused-ring (bicyclic) bond motifs is 2. The topological polar surface area (TPSA) is 45.2 Å². The van der Waals surface area contributed by atoms with E-state index >= 15 is 0 Å². The van der Waals surface area contributed by atoms with Crippen LogP contribution in [0.15, 0.2) is 48.0 Å². The van der Waals surface area contributed by atoms with E-state index in [4.69, 9.17) is 0 Å². The first-order chi connectivity index (χ1) is 14.2. The SMILES string of the molecule is CCN(CCCCNC(=O)c1ccc2ccccc2c1)C1CCc2ncsc2C1. The number of likely N-dealkylation sites (N-methyl/N-ethyl adjacent to an activating group) is 1. The van der Waals surface area contributed by atoms with Crippen LogP contribution in [0.1, 0.15) is 47.1 Å². The van der Waals surface area contributed by atoms with Gasteiger partial charge < -0.3 is 10.2 Å². The normalized spacial score (nSPS) is 16.1. The number of aryl methyl sites for hydroxylation is 1. The number of rotatable bonds is 8. The second-order valence-corrected chi connectivity index (χ2v) is 8.71. The average Bonchev–Trinajstić information content (AvgIpc) is 3.23. The van der Waals surface area contributed by atoms with Gasteiger partial charge in [0.2, 0.25) is 0 Å². The summed E-state index contributed by atoms with van der Waals surface area (Å²) in [6.07, 6.45) is 5.59. The molecule has 0 saturated carbocycles. The van der Waals surface area contributed by atoms with Crippen LogP contribution in [0.4, 0.5) is 0 Å². The van der Waals surface area contributed by atoms with Crippen molar-refractivity contribution in [2.24, 2.45) is 0 Å². The van der Waals surface area contributed by atoms with Crippen molar-refractivity contribution in [2.75, 3.05) is 19.6 Å². The molecule has 1 aliphatic rings. The third-order valence-electron chi connectivity index (χ3n) is 5.95. The van der Waals surface area contributed by atoms with Crippen molar-refractivity contribution < 1.29 is 4.79 Å². The predicted molar refractivity (Wildman–Crippen MR) is 121 cm³/mol. The molecular weight excluding hydrogens is 378 g/mol. The van der Waals surface area contributed by atoms with Gasteiger partial charge in [-0.25, -0.2) is 4.98 Å². The van der Waals surface area contributed by atoms with Crippen LogP contribution < -0.4 is 5.32 Å². The Morgan fingerprint density at radius 1 is 1.21 bits per heavy atom. The first-order valence-corrected chi connectivity index (χ1v) is 11.5. The zero-order valence-electron chi connectivity index (χ0n) is 17.1. The van der Waals surface area contributed by atoms with E-state index in [0.29, 0.717) is 6.04 Å². The Kier molecular flexibility index (Phi) is 6.57. The van der Waals surface area contributed by atoms with Gasteiger partial charge in [0, 0.05) is 23.0 Å². The van der Waals surface area contributed by atoms with Gasteiger partial charge >= 0.3 is 0 Å². The van der Waals surface area contributed by atoms with E-state index in [0.717, 1.165) is 61.7 Å². The lowest BCUT2D eigenvalue weighted by molar-refractivity contribution is 0.0952. The smallest absolute Gasteiger partial charge is 0.251 e. The Morgan fingerprint density at radius 2 is 2.07 bits per heavy atom. The van der Waals surface area contributed by atoms with Crippen LogP contribution in [0.3, 0.4) is 0 Å². The monoisotopic (exact) mass is 407 g/mol. The van der Waals surface area contributed by atoms with Crippen LogP contribution in [-0.4, -0.2) is 41.5 Å². The highest BCUT2D eigenvalue weighted by Gasteiger charge is 2.24. The van der Waals surface area contributed by atoms with Crippen LogP contribution in [0.2, 0.25) is 0 Å². The third-order valence-corrected chi connectivity index (χ3v) is 6.85. The molecule has 3 aromatic rings. The fourth-order valence-electron chi connectivity index (χ4n) is 4.27. The molecule has 1 aliphatic carbocycles. The fraction of sp³-hybridized carbons (Fsp3) is 0.417. The van der Waals surface area contributed by atoms with Crippen molar-refractivity contribution in [2.45, 2.75) is 45.1 Å². The lowest BCUT2D eigenvalue weighted by Gasteiger charge is -2.33. The summed E-state index contributed by atoms with van der Waals surface area (Å²) in [5.41, 5.74) is 4.04. The number of nitrogens with zero attached hydrogens (tertiary/aromatic N) is 2. The number of aromatic nitrogens is 1. The average molecular weight is 408 g/mol. The number of hydrogen-bond acceptors (Lipinski definition) is 4. The predicted octanol–water partition coefficient (Wildman–Crippen LogP) is 4.69. The molecule has 0 fully saturated rings. The minimum atomic E-state index is 0.0214. The molecular formula is C24H29N3OS. The minimum absolute atomic E-state index is 0.0214. The lowest BCUT2D eigenvalue weighted by Crippen LogP contribution is -2.39. The minimum Gasteiger partial charge on any atom is -0.352 e. The number of carbonyl (C=O) groups excluding carboxylic acids is 1. The number of benzene rings is 2. The summed E-state index contributed by atoms with van der Waals surface area (Å²) < 4.78 is 0. The van der Waals surface area contributed by atoms with E-state index in [9.17, 15) is 4.79 Å². The van der Waals surface area contributed by atoms with E-state index in [-0.39, 0.29) is 5.91 Å². The first kappa shape index (κ1) is 20.0. The van der Waals surface area contributed by atoms with Crippen LogP contribution in [-0.2, 0) is 12.8 Å². The molecule has 1 aromatic heterocycles. The summed E-state index contributed by atoms with van der Waals surface area (Å²) in [5.74, 6) is 0.0214. The largest absolute Gasteiger partial charge is 0.352 e. The van der Waals surface area contributed by atoms with Gasteiger partial charge in [0.15, 0.2) is 0 Å². The van der Waals surface area contributed by atoms with Gasteiger partial charge in [-0.3, -0.25) is 4.79 Å². The molecule has 152 valence electrons. The fourth-order valence-corrected chi connectivity index (χ4v) is 5.15. The standard InChI is InChI=1S/C24H29N3OS/c1-2-27(21-11-12-22-23(16-21)29-17-26-22)14-6-5-13-25-24(28)20-10-9-18-7-3-4-8-19(18)15-20/h3-4,7-10,15,17,21H,2,5-6,11-14,16H2,1H3,(H,25,28). The molecule has 2 aromatic carbocycles. The van der Waals surface area contributed by atoms with Crippen molar-refractivity contribution in [1.29, 1.82) is 0 Å². The highest BCUT2D eigenvalue weighted by molar-refractivity contribution is 7.09. The summed E-state index contributed by atoms with van der Waals surface area (Å²) in [7, 11) is 0. The summed E-state index contributed by atoms with van der Waals surface area (Å²) >= 11 is 1.81. The van der Waals surface area contributed by atoms with Gasteiger partial charge in [-0.2, -0.15) is 0 Å². The number of unbranched alkanes of at least 4 members (excludes halogenated alkanes) is 1. The highest BCUT2D eigenvalue weighted by Crippen LogP contribution is 2.26. The van der Waals surface area contributed by atoms with E-state index in [1.54, 1.807) is 11.3 Å². The maximum atomic E-state index is 12.5. The number of carbonyl (C=O) groups is 1. The van der Waals surface area contributed by atoms with Gasteiger partial charge in [0.25, 0.3) is 5.91 Å². The highest BCUT2D eigenvalue weighted by atomic mass is 32.1. The molecule has 0 saturated heterocycles. The van der Waals surface area contributed by atoms with Gasteiger partial charge in [0.05, 0.1) is 11.2 Å². The molecule has 0 aliphatic heterocycles. The Labute approximate surface area is 177 Å². The maximum absolute atomic E-state index is 12.5. The van der Waals surface area contributed by atoms with Gasteiger partial charge in [-0.05, 0) is 68.1 Å². The van der Waals surface area contributed by atoms with Gasteiger partial charge in [-0.15, -0.1) is 11.3 Å². The van der Waals surface area contributed by atoms with Crippen molar-refractivity contribution in [3.05, 3.63) is 64.1 Å². The molecule has 1 atom stereocenters. The quantitative estimate of drug-likeness (QED) is 0.551. The Balaban J connectivity index is 1.21. The van der Waals surface area contributed by atoms with Crippen LogP contribution in [0, 0.1) is 0 Å². The summed E-state index contributed by atoms with van der Waals surface area (Å²) in [6, 6.07) is 14.7. The molecule has 1 heterocycles. The second kappa shape index (κ2) is 9.51. The van der Waals surface area contributed by atoms with Gasteiger partial charge in [-0.1, -0.05) is 37.3 Å². The Morgan fingerprint density at radius 3 is 2.93 bits per heavy atom. The molecule has 0 spiro atoms. The van der Waals surface area contributed by atoms with Crippen molar-refractivity contribution in [3.63, 3.8) is 0 Å². The zero-order chi connectivity index (χ0) is 20.1. The maximum Gasteiger partial charge on any atom is 0.251 e. The summed E-state index contributed by atoms with van der Waals surface area (Å²) in [6.45, 7) is 5.17. The zero-order valence-corrected chi connectivity index (χ0v) is 17.9. The van der Waals surface area contributed by atoms with Crippen LogP contribution >= 0.6 is 11.3 Å². The first-order valence-electron chi connectivity index (χ1n) is 10.7. The number of nitrogens with one attached hydrogen (secondary N) is 1. The van der Waals surface area contributed by atoms with Crippen LogP contribution in [0.5, 0.6) is 0 Å². The Bertz CT molecular complexity index is 967. The number of thiazole rings is 1. The van der Waals surface area contributed by atoms with E-state index in [1.807, 2.05) is 41.9 Å². The molecule has 0 bridgehead atoms. The molecule has 1 unspecified atom stereocenters. The molecule has 1 N–H and O–H groups in total. The van der Waals surface area contributed by atoms with Crippen molar-refractivity contribution >= 4 is 28.0 Å². The third kappa shape index (κ3) is 4.85. The summed E-state index contributed by atoms with van der Waals surface area (Å²) in [4.78, 5) is 21.0. The van der Waals surface area contributed by atoms with Crippen LogP contribution in [0.25, 0.3) is 10.8 Å². The molecule has 1 amide bonds. The molecule has 0 radical (unpaired) electrons. The van der Waals surface area contributed by atoms with E-state index < -0.39 is 0 Å². The molecule has 29 heavy (non-hydrogen) atoms. The number of amides is 1. The van der Waals surface area contributed by atoms with E-state index in [1.165, 1.54) is 17.0 Å². The molecule has 4 rings (SSSR count). The molecule has 4 nitrogen and oxygen atoms in total. The summed E-state index contributed by atoms with van der Waals surface area (Å²) in [5, 5.41) is 5.35. The van der Waals surface area contributed by atoms with Crippen molar-refractivity contribution in [3.8, 4) is 0 Å².